The van der Waals surface area contributed by atoms with E-state index in [9.17, 15) is 14.9 Å². The van der Waals surface area contributed by atoms with Crippen molar-refractivity contribution >= 4 is 12.0 Å². The molecule has 0 spiro atoms. The first kappa shape index (κ1) is 14.5. The molecule has 0 bridgehead atoms. The van der Waals surface area contributed by atoms with E-state index in [0.717, 1.165) is 0 Å². The highest BCUT2D eigenvalue weighted by Gasteiger charge is 2.21. The molecule has 0 aliphatic carbocycles. The maximum atomic E-state index is 11.1. The first-order chi connectivity index (χ1) is 9.97. The molecule has 0 aliphatic heterocycles. The van der Waals surface area contributed by atoms with Crippen molar-refractivity contribution in [1.82, 2.24) is 9.78 Å². The number of aldehydes is 1. The standard InChI is InChI=1S/C13H13N3O5/c1-8-10(7-17)13(15(2)14-8)21-12-6-9(20-3)4-5-11(12)16(18)19/h4-7H,1-3H3. The first-order valence-electron chi connectivity index (χ1n) is 5.97. The number of rotatable bonds is 5. The smallest absolute Gasteiger partial charge is 0.311 e. The van der Waals surface area contributed by atoms with Gasteiger partial charge in [-0.05, 0) is 13.0 Å². The van der Waals surface area contributed by atoms with Gasteiger partial charge < -0.3 is 9.47 Å². The summed E-state index contributed by atoms with van der Waals surface area (Å²) >= 11 is 0. The Balaban J connectivity index is 2.52. The number of aryl methyl sites for hydroxylation is 2. The molecule has 0 radical (unpaired) electrons. The van der Waals surface area contributed by atoms with E-state index in [0.29, 0.717) is 17.7 Å². The van der Waals surface area contributed by atoms with E-state index in [1.54, 1.807) is 14.0 Å². The molecule has 0 saturated carbocycles. The molecule has 0 amide bonds. The average molecular weight is 291 g/mol. The van der Waals surface area contributed by atoms with Gasteiger partial charge >= 0.3 is 5.69 Å². The van der Waals surface area contributed by atoms with Gasteiger partial charge in [-0.15, -0.1) is 0 Å². The molecule has 0 saturated heterocycles. The molecule has 2 aromatic rings. The van der Waals surface area contributed by atoms with Crippen LogP contribution in [0.15, 0.2) is 18.2 Å². The Morgan fingerprint density at radius 1 is 1.43 bits per heavy atom. The Bertz CT molecular complexity index is 708. The van der Waals surface area contributed by atoms with Crippen LogP contribution in [0.2, 0.25) is 0 Å². The third-order valence-corrected chi connectivity index (χ3v) is 2.90. The van der Waals surface area contributed by atoms with Crippen molar-refractivity contribution in [1.29, 1.82) is 0 Å². The zero-order valence-corrected chi connectivity index (χ0v) is 11.7. The van der Waals surface area contributed by atoms with Gasteiger partial charge in [-0.25, -0.2) is 4.68 Å². The molecule has 1 heterocycles. The number of methoxy groups -OCH3 is 1. The lowest BCUT2D eigenvalue weighted by atomic mass is 10.2. The number of carbonyl (C=O) groups excluding carboxylic acids is 1. The van der Waals surface area contributed by atoms with Crippen LogP contribution in [0.1, 0.15) is 16.1 Å². The SMILES string of the molecule is COc1ccc([N+](=O)[O-])c(Oc2c(C=O)c(C)nn2C)c1. The van der Waals surface area contributed by atoms with E-state index in [4.69, 9.17) is 9.47 Å². The van der Waals surface area contributed by atoms with Crippen LogP contribution in [-0.4, -0.2) is 28.1 Å². The minimum atomic E-state index is -0.571. The summed E-state index contributed by atoms with van der Waals surface area (Å²) in [6.07, 6.45) is 0.601. The lowest BCUT2D eigenvalue weighted by Crippen LogP contribution is -2.00. The number of aromatic nitrogens is 2. The largest absolute Gasteiger partial charge is 0.497 e. The van der Waals surface area contributed by atoms with Crippen LogP contribution in [0.25, 0.3) is 0 Å². The van der Waals surface area contributed by atoms with Crippen molar-refractivity contribution in [2.75, 3.05) is 7.11 Å². The minimum absolute atomic E-state index is 0.0227. The predicted molar refractivity (Wildman–Crippen MR) is 73.1 cm³/mol. The van der Waals surface area contributed by atoms with Crippen molar-refractivity contribution < 1.29 is 19.2 Å². The molecule has 0 N–H and O–H groups in total. The molecule has 1 aromatic carbocycles. The second-order valence-corrected chi connectivity index (χ2v) is 4.24. The molecule has 0 fully saturated rings. The Labute approximate surface area is 120 Å². The van der Waals surface area contributed by atoms with Gasteiger partial charge in [0.2, 0.25) is 11.6 Å². The number of nitro benzene ring substituents is 1. The summed E-state index contributed by atoms with van der Waals surface area (Å²) in [6, 6.07) is 4.12. The Kier molecular flexibility index (Phi) is 3.88. The molecule has 21 heavy (non-hydrogen) atoms. The zero-order chi connectivity index (χ0) is 15.6. The molecule has 2 rings (SSSR count). The second-order valence-electron chi connectivity index (χ2n) is 4.24. The van der Waals surface area contributed by atoms with Gasteiger partial charge in [0, 0.05) is 19.2 Å². The molecule has 8 nitrogen and oxygen atoms in total. The average Bonchev–Trinajstić information content (AvgIpc) is 2.72. The van der Waals surface area contributed by atoms with E-state index in [-0.39, 0.29) is 22.9 Å². The number of hydrogen-bond acceptors (Lipinski definition) is 6. The van der Waals surface area contributed by atoms with E-state index in [1.165, 1.54) is 30.0 Å². The van der Waals surface area contributed by atoms with Crippen LogP contribution in [0.3, 0.4) is 0 Å². The number of ether oxygens (including phenoxy) is 2. The summed E-state index contributed by atoms with van der Waals surface area (Å²) in [4.78, 5) is 21.6. The van der Waals surface area contributed by atoms with Crippen LogP contribution in [0.4, 0.5) is 5.69 Å². The topological polar surface area (TPSA) is 96.5 Å². The molecule has 0 atom stereocenters. The van der Waals surface area contributed by atoms with Gasteiger partial charge in [0.1, 0.15) is 5.75 Å². The van der Waals surface area contributed by atoms with Crippen molar-refractivity contribution in [3.63, 3.8) is 0 Å². The van der Waals surface area contributed by atoms with Crippen molar-refractivity contribution in [3.05, 3.63) is 39.6 Å². The second kappa shape index (κ2) is 5.61. The highest BCUT2D eigenvalue weighted by atomic mass is 16.6. The summed E-state index contributed by atoms with van der Waals surface area (Å²) in [5.74, 6) is 0.520. The number of nitro groups is 1. The van der Waals surface area contributed by atoms with Crippen LogP contribution in [0, 0.1) is 17.0 Å². The van der Waals surface area contributed by atoms with Gasteiger partial charge in [-0.3, -0.25) is 14.9 Å². The van der Waals surface area contributed by atoms with Gasteiger partial charge in [0.25, 0.3) is 0 Å². The van der Waals surface area contributed by atoms with Gasteiger partial charge in [-0.2, -0.15) is 5.10 Å². The van der Waals surface area contributed by atoms with E-state index in [2.05, 4.69) is 5.10 Å². The highest BCUT2D eigenvalue weighted by molar-refractivity contribution is 5.80. The molecular formula is C13H13N3O5. The number of benzene rings is 1. The Morgan fingerprint density at radius 2 is 2.14 bits per heavy atom. The van der Waals surface area contributed by atoms with Crippen molar-refractivity contribution in [2.45, 2.75) is 6.92 Å². The summed E-state index contributed by atoms with van der Waals surface area (Å²) in [6.45, 7) is 1.65. The van der Waals surface area contributed by atoms with Gasteiger partial charge in [0.15, 0.2) is 6.29 Å². The third-order valence-electron chi connectivity index (χ3n) is 2.90. The van der Waals surface area contributed by atoms with Crippen LogP contribution in [0.5, 0.6) is 17.4 Å². The quantitative estimate of drug-likeness (QED) is 0.476. The van der Waals surface area contributed by atoms with Gasteiger partial charge in [-0.1, -0.05) is 0 Å². The Morgan fingerprint density at radius 3 is 2.71 bits per heavy atom. The molecule has 1 aromatic heterocycles. The molecule has 0 aliphatic rings. The van der Waals surface area contributed by atoms with Crippen LogP contribution >= 0.6 is 0 Å². The molecule has 8 heteroatoms. The van der Waals surface area contributed by atoms with Crippen LogP contribution < -0.4 is 9.47 Å². The van der Waals surface area contributed by atoms with Crippen molar-refractivity contribution in [2.24, 2.45) is 7.05 Å². The number of hydrogen-bond donors (Lipinski definition) is 0. The number of nitrogens with zero attached hydrogens (tertiary/aromatic N) is 3. The number of carbonyl (C=O) groups is 1. The van der Waals surface area contributed by atoms with Crippen LogP contribution in [-0.2, 0) is 7.05 Å². The summed E-state index contributed by atoms with van der Waals surface area (Å²) < 4.78 is 11.9. The fourth-order valence-electron chi connectivity index (χ4n) is 1.87. The zero-order valence-electron chi connectivity index (χ0n) is 11.7. The summed E-state index contributed by atoms with van der Waals surface area (Å²) in [5.41, 5.74) is 0.495. The lowest BCUT2D eigenvalue weighted by Gasteiger charge is -2.08. The lowest BCUT2D eigenvalue weighted by molar-refractivity contribution is -0.385. The highest BCUT2D eigenvalue weighted by Crippen LogP contribution is 2.35. The van der Waals surface area contributed by atoms with Crippen molar-refractivity contribution in [3.8, 4) is 17.4 Å². The summed E-state index contributed by atoms with van der Waals surface area (Å²) in [5, 5.41) is 15.1. The van der Waals surface area contributed by atoms with E-state index in [1.807, 2.05) is 0 Å². The molecular weight excluding hydrogens is 278 g/mol. The normalized spacial score (nSPS) is 10.2. The fourth-order valence-corrected chi connectivity index (χ4v) is 1.87. The maximum Gasteiger partial charge on any atom is 0.311 e. The van der Waals surface area contributed by atoms with E-state index >= 15 is 0 Å². The molecule has 110 valence electrons. The minimum Gasteiger partial charge on any atom is -0.497 e. The third kappa shape index (κ3) is 2.69. The maximum absolute atomic E-state index is 11.1. The van der Waals surface area contributed by atoms with E-state index < -0.39 is 4.92 Å². The van der Waals surface area contributed by atoms with Gasteiger partial charge in [0.05, 0.1) is 23.3 Å². The summed E-state index contributed by atoms with van der Waals surface area (Å²) in [7, 11) is 3.03. The monoisotopic (exact) mass is 291 g/mol. The first-order valence-corrected chi connectivity index (χ1v) is 5.97. The molecule has 0 unspecified atom stereocenters. The Hall–Kier alpha value is -2.90. The fraction of sp³-hybridized carbons (Fsp3) is 0.231. The predicted octanol–water partition coefficient (Wildman–Crippen LogP) is 2.25.